The van der Waals surface area contributed by atoms with Gasteiger partial charge in [0.05, 0.1) is 0 Å². The number of aromatic nitrogens is 4. The molecule has 0 aliphatic carbocycles. The van der Waals surface area contributed by atoms with Crippen molar-refractivity contribution in [2.75, 3.05) is 0 Å². The minimum absolute atomic E-state index is 0.230. The van der Waals surface area contributed by atoms with Crippen LogP contribution in [-0.2, 0) is 5.41 Å². The monoisotopic (exact) mass is 304 g/mol. The predicted molar refractivity (Wildman–Crippen MR) is 62.1 cm³/mol. The second kappa shape index (κ2) is 3.97. The zero-order valence-corrected chi connectivity index (χ0v) is 11.2. The molecule has 0 N–H and O–H groups in total. The van der Waals surface area contributed by atoms with Gasteiger partial charge in [-0.2, -0.15) is 4.52 Å². The molecule has 0 atom stereocenters. The van der Waals surface area contributed by atoms with Crippen LogP contribution < -0.4 is 0 Å². The van der Waals surface area contributed by atoms with Gasteiger partial charge in [-0.25, -0.2) is 18.7 Å². The molecule has 2 heterocycles. The van der Waals surface area contributed by atoms with Crippen molar-refractivity contribution in [2.45, 2.75) is 32.6 Å². The van der Waals surface area contributed by atoms with Gasteiger partial charge in [-0.1, -0.05) is 20.8 Å². The molecule has 0 spiro atoms. The number of hydrogen-bond acceptors (Lipinski definition) is 3. The molecular formula is C10H11BrF2N4. The summed E-state index contributed by atoms with van der Waals surface area (Å²) in [6, 6.07) is 1.25. The Bertz CT molecular complexity index is 559. The Morgan fingerprint density at radius 3 is 2.47 bits per heavy atom. The standard InChI is InChI=1S/C10H11BrF2N4/c1-10(2,3)8-15-6-4-5(7(12)13)14-9(11)17(6)16-8/h4,7H,1-3H3. The summed E-state index contributed by atoms with van der Waals surface area (Å²) in [5.41, 5.74) is -0.180. The van der Waals surface area contributed by atoms with Crippen molar-refractivity contribution < 1.29 is 8.78 Å². The third kappa shape index (κ3) is 2.29. The minimum Gasteiger partial charge on any atom is -0.221 e. The summed E-state index contributed by atoms with van der Waals surface area (Å²) >= 11 is 3.11. The maximum absolute atomic E-state index is 12.6. The Kier molecular flexibility index (Phi) is 2.89. The van der Waals surface area contributed by atoms with Crippen LogP contribution in [0.2, 0.25) is 0 Å². The van der Waals surface area contributed by atoms with Crippen molar-refractivity contribution in [2.24, 2.45) is 0 Å². The Balaban J connectivity index is 2.65. The molecule has 0 amide bonds. The number of rotatable bonds is 1. The van der Waals surface area contributed by atoms with Crippen LogP contribution in [0.15, 0.2) is 10.8 Å². The molecule has 0 unspecified atom stereocenters. The van der Waals surface area contributed by atoms with E-state index in [1.807, 2.05) is 20.8 Å². The first-order valence-corrected chi connectivity index (χ1v) is 5.80. The highest BCUT2D eigenvalue weighted by molar-refractivity contribution is 9.10. The van der Waals surface area contributed by atoms with Gasteiger partial charge in [0.2, 0.25) is 0 Å². The molecule has 17 heavy (non-hydrogen) atoms. The molecule has 0 aliphatic rings. The summed E-state index contributed by atoms with van der Waals surface area (Å²) in [7, 11) is 0. The van der Waals surface area contributed by atoms with E-state index in [-0.39, 0.29) is 15.8 Å². The largest absolute Gasteiger partial charge is 0.280 e. The number of hydrogen-bond donors (Lipinski definition) is 0. The van der Waals surface area contributed by atoms with E-state index in [1.54, 1.807) is 0 Å². The first-order valence-electron chi connectivity index (χ1n) is 5.01. The average Bonchev–Trinajstić information content (AvgIpc) is 2.60. The zero-order valence-electron chi connectivity index (χ0n) is 9.58. The quantitative estimate of drug-likeness (QED) is 0.760. The van der Waals surface area contributed by atoms with E-state index in [0.717, 1.165) is 0 Å². The summed E-state index contributed by atoms with van der Waals surface area (Å²) in [6.45, 7) is 5.87. The van der Waals surface area contributed by atoms with Crippen LogP contribution in [0.25, 0.3) is 5.65 Å². The van der Waals surface area contributed by atoms with Gasteiger partial charge in [0, 0.05) is 11.5 Å². The molecule has 4 nitrogen and oxygen atoms in total. The normalized spacial score (nSPS) is 12.6. The average molecular weight is 305 g/mol. The molecule has 0 radical (unpaired) electrons. The van der Waals surface area contributed by atoms with Crippen LogP contribution in [0.1, 0.15) is 38.7 Å². The van der Waals surface area contributed by atoms with Crippen molar-refractivity contribution in [1.29, 1.82) is 0 Å². The number of halogens is 3. The summed E-state index contributed by atoms with van der Waals surface area (Å²) in [4.78, 5) is 7.96. The van der Waals surface area contributed by atoms with E-state index in [4.69, 9.17) is 0 Å². The van der Waals surface area contributed by atoms with Crippen LogP contribution >= 0.6 is 15.9 Å². The van der Waals surface area contributed by atoms with E-state index < -0.39 is 6.43 Å². The molecule has 0 saturated heterocycles. The highest BCUT2D eigenvalue weighted by atomic mass is 79.9. The van der Waals surface area contributed by atoms with Crippen LogP contribution in [0.3, 0.4) is 0 Å². The van der Waals surface area contributed by atoms with Crippen LogP contribution in [0.4, 0.5) is 8.78 Å². The van der Waals surface area contributed by atoms with E-state index in [2.05, 4.69) is 31.0 Å². The lowest BCUT2D eigenvalue weighted by Crippen LogP contribution is -2.13. The maximum Gasteiger partial charge on any atom is 0.280 e. The van der Waals surface area contributed by atoms with Crippen LogP contribution in [0, 0.1) is 0 Å². The van der Waals surface area contributed by atoms with Crippen LogP contribution in [0.5, 0.6) is 0 Å². The Morgan fingerprint density at radius 2 is 1.94 bits per heavy atom. The highest BCUT2D eigenvalue weighted by Gasteiger charge is 2.22. The predicted octanol–water partition coefficient (Wildman–Crippen LogP) is 3.12. The fraction of sp³-hybridized carbons (Fsp3) is 0.500. The Labute approximate surface area is 105 Å². The summed E-state index contributed by atoms with van der Waals surface area (Å²) in [5.74, 6) is 0.589. The van der Waals surface area contributed by atoms with Crippen molar-refractivity contribution >= 4 is 21.6 Å². The SMILES string of the molecule is CC(C)(C)c1nc2cc(C(F)F)nc(Br)n2n1. The van der Waals surface area contributed by atoms with Crippen LogP contribution in [-0.4, -0.2) is 19.6 Å². The zero-order chi connectivity index (χ0) is 12.8. The fourth-order valence-corrected chi connectivity index (χ4v) is 1.77. The van der Waals surface area contributed by atoms with Gasteiger partial charge >= 0.3 is 0 Å². The van der Waals surface area contributed by atoms with Crippen molar-refractivity contribution in [1.82, 2.24) is 19.6 Å². The molecule has 7 heteroatoms. The maximum atomic E-state index is 12.6. The lowest BCUT2D eigenvalue weighted by Gasteiger charge is -2.11. The van der Waals surface area contributed by atoms with Crippen molar-refractivity contribution in [3.63, 3.8) is 0 Å². The second-order valence-corrected chi connectivity index (χ2v) is 5.42. The Hall–Kier alpha value is -1.11. The van der Waals surface area contributed by atoms with Crippen molar-refractivity contribution in [3.05, 3.63) is 22.3 Å². The molecular weight excluding hydrogens is 294 g/mol. The molecule has 2 rings (SSSR count). The molecule has 2 aromatic rings. The molecule has 0 saturated carbocycles. The lowest BCUT2D eigenvalue weighted by molar-refractivity contribution is 0.145. The molecule has 2 aromatic heterocycles. The highest BCUT2D eigenvalue weighted by Crippen LogP contribution is 2.23. The summed E-state index contributed by atoms with van der Waals surface area (Å²) < 4.78 is 26.8. The van der Waals surface area contributed by atoms with Gasteiger partial charge in [-0.05, 0) is 15.9 Å². The lowest BCUT2D eigenvalue weighted by atomic mass is 9.96. The third-order valence-electron chi connectivity index (χ3n) is 2.20. The van der Waals surface area contributed by atoms with Gasteiger partial charge < -0.3 is 0 Å². The molecule has 0 bridgehead atoms. The van der Waals surface area contributed by atoms with Crippen molar-refractivity contribution in [3.8, 4) is 0 Å². The number of nitrogens with zero attached hydrogens (tertiary/aromatic N) is 4. The smallest absolute Gasteiger partial charge is 0.221 e. The van der Waals surface area contributed by atoms with Gasteiger partial charge in [-0.15, -0.1) is 5.10 Å². The van der Waals surface area contributed by atoms with E-state index in [9.17, 15) is 8.78 Å². The second-order valence-electron chi connectivity index (χ2n) is 4.71. The van der Waals surface area contributed by atoms with Gasteiger partial charge in [0.25, 0.3) is 6.43 Å². The van der Waals surface area contributed by atoms with Gasteiger partial charge in [-0.3, -0.25) is 0 Å². The van der Waals surface area contributed by atoms with E-state index >= 15 is 0 Å². The molecule has 0 aliphatic heterocycles. The fourth-order valence-electron chi connectivity index (χ4n) is 1.30. The van der Waals surface area contributed by atoms with E-state index in [1.165, 1.54) is 10.6 Å². The minimum atomic E-state index is -2.62. The summed E-state index contributed by atoms with van der Waals surface area (Å²) in [5, 5.41) is 4.24. The first kappa shape index (κ1) is 12.3. The topological polar surface area (TPSA) is 43.1 Å². The third-order valence-corrected chi connectivity index (χ3v) is 2.71. The number of alkyl halides is 2. The molecule has 92 valence electrons. The molecule has 0 fully saturated rings. The number of fused-ring (bicyclic) bond motifs is 1. The Morgan fingerprint density at radius 1 is 1.29 bits per heavy atom. The first-order chi connectivity index (χ1) is 7.79. The molecule has 0 aromatic carbocycles. The van der Waals surface area contributed by atoms with E-state index in [0.29, 0.717) is 11.5 Å². The van der Waals surface area contributed by atoms with Gasteiger partial charge in [0.15, 0.2) is 16.2 Å². The summed E-state index contributed by atoms with van der Waals surface area (Å²) in [6.07, 6.45) is -2.62. The van der Waals surface area contributed by atoms with Gasteiger partial charge in [0.1, 0.15) is 5.69 Å².